The van der Waals surface area contributed by atoms with Crippen molar-refractivity contribution in [1.82, 2.24) is 10.6 Å². The molecule has 1 aromatic rings. The van der Waals surface area contributed by atoms with Crippen molar-refractivity contribution in [2.45, 2.75) is 44.2 Å². The van der Waals surface area contributed by atoms with Gasteiger partial charge in [0.1, 0.15) is 0 Å². The SMILES string of the molecule is O=C(NC1Cc2ccccc2C1)NC1CCC(C(=O)O)C1. The predicted octanol–water partition coefficient (Wildman–Crippen LogP) is 1.71. The zero-order valence-electron chi connectivity index (χ0n) is 11.8. The Bertz CT molecular complexity index is 533. The summed E-state index contributed by atoms with van der Waals surface area (Å²) in [5.41, 5.74) is 2.60. The zero-order chi connectivity index (χ0) is 14.8. The highest BCUT2D eigenvalue weighted by Gasteiger charge is 2.31. The van der Waals surface area contributed by atoms with Crippen molar-refractivity contribution in [3.63, 3.8) is 0 Å². The summed E-state index contributed by atoms with van der Waals surface area (Å²) in [4.78, 5) is 22.9. The summed E-state index contributed by atoms with van der Waals surface area (Å²) in [5, 5.41) is 14.9. The molecule has 5 nitrogen and oxygen atoms in total. The van der Waals surface area contributed by atoms with Crippen molar-refractivity contribution in [1.29, 1.82) is 0 Å². The molecule has 2 unspecified atom stereocenters. The zero-order valence-corrected chi connectivity index (χ0v) is 11.8. The van der Waals surface area contributed by atoms with Crippen molar-refractivity contribution in [2.24, 2.45) is 5.92 Å². The van der Waals surface area contributed by atoms with Gasteiger partial charge < -0.3 is 15.7 Å². The van der Waals surface area contributed by atoms with E-state index in [4.69, 9.17) is 5.11 Å². The second-order valence-corrected chi connectivity index (χ2v) is 6.04. The number of hydrogen-bond acceptors (Lipinski definition) is 2. The first-order chi connectivity index (χ1) is 10.1. The molecular formula is C16H20N2O3. The molecule has 0 aromatic heterocycles. The number of urea groups is 1. The van der Waals surface area contributed by atoms with E-state index in [1.54, 1.807) is 0 Å². The molecule has 1 saturated carbocycles. The molecule has 0 spiro atoms. The second kappa shape index (κ2) is 5.76. The van der Waals surface area contributed by atoms with Crippen LogP contribution >= 0.6 is 0 Å². The topological polar surface area (TPSA) is 78.4 Å². The lowest BCUT2D eigenvalue weighted by molar-refractivity contribution is -0.141. The van der Waals surface area contributed by atoms with Crippen LogP contribution in [-0.4, -0.2) is 29.2 Å². The lowest BCUT2D eigenvalue weighted by atomic mass is 10.1. The van der Waals surface area contributed by atoms with Gasteiger partial charge in [-0.25, -0.2) is 4.79 Å². The molecule has 2 atom stereocenters. The highest BCUT2D eigenvalue weighted by atomic mass is 16.4. The lowest BCUT2D eigenvalue weighted by Crippen LogP contribution is -2.46. The van der Waals surface area contributed by atoms with Crippen LogP contribution in [0.25, 0.3) is 0 Å². The molecule has 3 rings (SSSR count). The third kappa shape index (κ3) is 3.17. The number of carboxylic acid groups (broad SMARTS) is 1. The summed E-state index contributed by atoms with van der Waals surface area (Å²) >= 11 is 0. The normalized spacial score (nSPS) is 24.6. The summed E-state index contributed by atoms with van der Waals surface area (Å²) in [7, 11) is 0. The van der Waals surface area contributed by atoms with Crippen molar-refractivity contribution in [3.8, 4) is 0 Å². The van der Waals surface area contributed by atoms with Crippen LogP contribution < -0.4 is 10.6 Å². The Labute approximate surface area is 123 Å². The molecule has 1 fully saturated rings. The van der Waals surface area contributed by atoms with E-state index in [-0.39, 0.29) is 24.0 Å². The van der Waals surface area contributed by atoms with Gasteiger partial charge in [0.15, 0.2) is 0 Å². The molecule has 0 aliphatic heterocycles. The van der Waals surface area contributed by atoms with Gasteiger partial charge in [-0.3, -0.25) is 4.79 Å². The molecular weight excluding hydrogens is 268 g/mol. The molecule has 2 aliphatic rings. The Morgan fingerprint density at radius 1 is 1.00 bits per heavy atom. The van der Waals surface area contributed by atoms with Crippen LogP contribution in [0.5, 0.6) is 0 Å². The van der Waals surface area contributed by atoms with Gasteiger partial charge in [-0.15, -0.1) is 0 Å². The molecule has 0 heterocycles. The maximum absolute atomic E-state index is 12.0. The first kappa shape index (κ1) is 13.9. The molecule has 2 aliphatic carbocycles. The van der Waals surface area contributed by atoms with Crippen LogP contribution in [0.1, 0.15) is 30.4 Å². The Morgan fingerprint density at radius 2 is 1.62 bits per heavy atom. The standard InChI is InChI=1S/C16H20N2O3/c19-15(20)12-5-6-13(9-12)17-16(21)18-14-7-10-3-1-2-4-11(10)8-14/h1-4,12-14H,5-9H2,(H,19,20)(H2,17,18,21). The molecule has 21 heavy (non-hydrogen) atoms. The van der Waals surface area contributed by atoms with E-state index < -0.39 is 5.97 Å². The van der Waals surface area contributed by atoms with Crippen LogP contribution in [0.4, 0.5) is 4.79 Å². The average Bonchev–Trinajstić information content (AvgIpc) is 3.04. The molecule has 5 heteroatoms. The second-order valence-electron chi connectivity index (χ2n) is 6.04. The fraction of sp³-hybridized carbons (Fsp3) is 0.500. The first-order valence-electron chi connectivity index (χ1n) is 7.48. The summed E-state index contributed by atoms with van der Waals surface area (Å²) in [5.74, 6) is -1.07. The number of hydrogen-bond donors (Lipinski definition) is 3. The van der Waals surface area contributed by atoms with Crippen molar-refractivity contribution >= 4 is 12.0 Å². The van der Waals surface area contributed by atoms with Gasteiger partial charge in [-0.1, -0.05) is 24.3 Å². The van der Waals surface area contributed by atoms with Gasteiger partial charge in [0.2, 0.25) is 0 Å². The summed E-state index contributed by atoms with van der Waals surface area (Å²) < 4.78 is 0. The number of carboxylic acids is 1. The van der Waals surface area contributed by atoms with E-state index in [0.717, 1.165) is 19.3 Å². The molecule has 0 bridgehead atoms. The number of benzene rings is 1. The highest BCUT2D eigenvalue weighted by molar-refractivity contribution is 5.75. The summed E-state index contributed by atoms with van der Waals surface area (Å²) in [6.45, 7) is 0. The lowest BCUT2D eigenvalue weighted by Gasteiger charge is -2.17. The average molecular weight is 288 g/mol. The molecule has 0 radical (unpaired) electrons. The Morgan fingerprint density at radius 3 is 2.19 bits per heavy atom. The fourth-order valence-electron chi connectivity index (χ4n) is 3.41. The Kier molecular flexibility index (Phi) is 3.82. The maximum Gasteiger partial charge on any atom is 0.315 e. The van der Waals surface area contributed by atoms with E-state index in [2.05, 4.69) is 22.8 Å². The van der Waals surface area contributed by atoms with Gasteiger partial charge in [0.25, 0.3) is 0 Å². The quantitative estimate of drug-likeness (QED) is 0.792. The van der Waals surface area contributed by atoms with Gasteiger partial charge in [0, 0.05) is 12.1 Å². The monoisotopic (exact) mass is 288 g/mol. The number of aliphatic carboxylic acids is 1. The summed E-state index contributed by atoms with van der Waals surface area (Å²) in [6.07, 6.45) is 3.66. The van der Waals surface area contributed by atoms with Crippen LogP contribution in [0.15, 0.2) is 24.3 Å². The largest absolute Gasteiger partial charge is 0.481 e. The molecule has 0 saturated heterocycles. The van der Waals surface area contributed by atoms with Crippen molar-refractivity contribution in [3.05, 3.63) is 35.4 Å². The summed E-state index contributed by atoms with van der Waals surface area (Å²) in [6, 6.07) is 8.18. The highest BCUT2D eigenvalue weighted by Crippen LogP contribution is 2.26. The van der Waals surface area contributed by atoms with Gasteiger partial charge in [-0.2, -0.15) is 0 Å². The number of fused-ring (bicyclic) bond motifs is 1. The fourth-order valence-corrected chi connectivity index (χ4v) is 3.41. The van der Waals surface area contributed by atoms with E-state index >= 15 is 0 Å². The minimum atomic E-state index is -0.758. The third-order valence-corrected chi connectivity index (χ3v) is 4.50. The first-order valence-corrected chi connectivity index (χ1v) is 7.48. The molecule has 112 valence electrons. The minimum Gasteiger partial charge on any atom is -0.481 e. The molecule has 2 amide bonds. The van der Waals surface area contributed by atoms with Gasteiger partial charge in [-0.05, 0) is 43.2 Å². The predicted molar refractivity (Wildman–Crippen MR) is 78.1 cm³/mol. The Balaban J connectivity index is 1.47. The number of amides is 2. The van der Waals surface area contributed by atoms with Crippen LogP contribution in [0.2, 0.25) is 0 Å². The van der Waals surface area contributed by atoms with Crippen LogP contribution in [0, 0.1) is 5.92 Å². The van der Waals surface area contributed by atoms with Gasteiger partial charge >= 0.3 is 12.0 Å². The minimum absolute atomic E-state index is 0.0186. The van der Waals surface area contributed by atoms with E-state index in [1.165, 1.54) is 11.1 Å². The van der Waals surface area contributed by atoms with E-state index in [0.29, 0.717) is 12.8 Å². The molecule has 1 aromatic carbocycles. The number of carbonyl (C=O) groups excluding carboxylic acids is 1. The van der Waals surface area contributed by atoms with Gasteiger partial charge in [0.05, 0.1) is 5.92 Å². The number of nitrogens with one attached hydrogen (secondary N) is 2. The molecule has 3 N–H and O–H groups in total. The van der Waals surface area contributed by atoms with E-state index in [9.17, 15) is 9.59 Å². The maximum atomic E-state index is 12.0. The van der Waals surface area contributed by atoms with Crippen LogP contribution in [0.3, 0.4) is 0 Å². The smallest absolute Gasteiger partial charge is 0.315 e. The van der Waals surface area contributed by atoms with Crippen molar-refractivity contribution < 1.29 is 14.7 Å². The number of carbonyl (C=O) groups is 2. The Hall–Kier alpha value is -2.04. The van der Waals surface area contributed by atoms with Crippen molar-refractivity contribution in [2.75, 3.05) is 0 Å². The van der Waals surface area contributed by atoms with E-state index in [1.807, 2.05) is 12.1 Å². The number of rotatable bonds is 3. The van der Waals surface area contributed by atoms with Crippen LogP contribution in [-0.2, 0) is 17.6 Å². The third-order valence-electron chi connectivity index (χ3n) is 4.50.